The van der Waals surface area contributed by atoms with Gasteiger partial charge in [-0.1, -0.05) is 36.4 Å². The maximum absolute atomic E-state index is 14.6. The fourth-order valence-corrected chi connectivity index (χ4v) is 8.03. The maximum atomic E-state index is 14.6. The van der Waals surface area contributed by atoms with Gasteiger partial charge >= 0.3 is 0 Å². The van der Waals surface area contributed by atoms with Gasteiger partial charge < -0.3 is 9.80 Å². The Balaban J connectivity index is 1.74. The molecule has 0 spiro atoms. The minimum absolute atomic E-state index is 0.0324. The van der Waals surface area contributed by atoms with E-state index in [1.807, 2.05) is 57.0 Å². The smallest absolute Gasteiger partial charge is 0.261 e. The average Bonchev–Trinajstić information content (AvgIpc) is 3.82. The number of unbranched alkanes of at least 4 members (excludes halogenated alkanes) is 4. The van der Waals surface area contributed by atoms with E-state index >= 15 is 0 Å². The largest absolute Gasteiger partial charge is 0.306 e. The van der Waals surface area contributed by atoms with Gasteiger partial charge in [0.25, 0.3) is 11.8 Å². The highest BCUT2D eigenvalue weighted by molar-refractivity contribution is 7.11. The van der Waals surface area contributed by atoms with Crippen LogP contribution in [0.4, 0.5) is 0 Å². The second-order valence-electron chi connectivity index (χ2n) is 11.8. The number of allylic oxidation sites excluding steroid dienone is 4. The summed E-state index contributed by atoms with van der Waals surface area (Å²) in [6.45, 7) is 16.8. The molecule has 234 valence electrons. The van der Waals surface area contributed by atoms with Crippen LogP contribution in [0.1, 0.15) is 86.8 Å². The fourth-order valence-electron chi connectivity index (χ4n) is 6.46. The molecule has 2 aromatic rings. The van der Waals surface area contributed by atoms with Crippen LogP contribution in [-0.2, 0) is 9.59 Å². The summed E-state index contributed by atoms with van der Waals surface area (Å²) in [5.74, 6) is 0.610. The zero-order valence-corrected chi connectivity index (χ0v) is 27.8. The number of rotatable bonds is 22. The van der Waals surface area contributed by atoms with Gasteiger partial charge in [0.2, 0.25) is 0 Å². The summed E-state index contributed by atoms with van der Waals surface area (Å²) >= 11 is 3.20. The predicted molar refractivity (Wildman–Crippen MR) is 189 cm³/mol. The molecule has 0 bridgehead atoms. The third kappa shape index (κ3) is 8.08. The summed E-state index contributed by atoms with van der Waals surface area (Å²) in [5.41, 5.74) is 2.78. The summed E-state index contributed by atoms with van der Waals surface area (Å²) < 4.78 is 0. The first-order valence-electron chi connectivity index (χ1n) is 16.2. The number of hydrogen-bond donors (Lipinski definition) is 0. The van der Waals surface area contributed by atoms with Crippen molar-refractivity contribution >= 4 is 45.9 Å². The summed E-state index contributed by atoms with van der Waals surface area (Å²) in [6.07, 6.45) is 20.0. The van der Waals surface area contributed by atoms with Gasteiger partial charge in [0.05, 0.1) is 32.3 Å². The molecule has 4 rings (SSSR count). The molecule has 2 amide bonds. The third-order valence-corrected chi connectivity index (χ3v) is 10.4. The van der Waals surface area contributed by atoms with Crippen molar-refractivity contribution in [3.63, 3.8) is 0 Å². The molecule has 0 radical (unpaired) electrons. The van der Waals surface area contributed by atoms with E-state index in [0.29, 0.717) is 36.1 Å². The summed E-state index contributed by atoms with van der Waals surface area (Å²) in [7, 11) is 0. The van der Waals surface area contributed by atoms with Crippen LogP contribution in [-0.4, -0.2) is 34.7 Å². The molecule has 44 heavy (non-hydrogen) atoms. The van der Waals surface area contributed by atoms with E-state index in [1.54, 1.807) is 22.7 Å². The highest BCUT2D eigenvalue weighted by atomic mass is 32.1. The molecule has 2 aliphatic heterocycles. The van der Waals surface area contributed by atoms with E-state index in [2.05, 4.69) is 38.4 Å². The lowest BCUT2D eigenvalue weighted by Crippen LogP contribution is -2.34. The molecular formula is C38H48N2O2S2. The highest BCUT2D eigenvalue weighted by Crippen LogP contribution is 2.49. The minimum atomic E-state index is -0.0324. The Kier molecular flexibility index (Phi) is 13.2. The lowest BCUT2D eigenvalue weighted by molar-refractivity contribution is -0.124. The van der Waals surface area contributed by atoms with Crippen LogP contribution in [0.5, 0.6) is 0 Å². The summed E-state index contributed by atoms with van der Waals surface area (Å²) in [4.78, 5) is 35.0. The standard InChI is InChI=1S/C38H48N2O2S2/c1-5-9-13-19-29(20-14-10-6-2)27-39-35(31-23-17-25-43-31)33-34(37(39)41)36(32-24-18-26-44-32)40(38(33)42)28-30(21-15-11-7-3)22-16-12-8-4/h5-8,17-18,23-26,29-30H,1-4,9-16,19-22,27-28H2. The molecule has 0 fully saturated rings. The summed E-state index contributed by atoms with van der Waals surface area (Å²) in [6, 6.07) is 8.12. The zero-order chi connectivity index (χ0) is 31.3. The molecule has 4 heterocycles. The molecule has 2 aromatic heterocycles. The van der Waals surface area contributed by atoms with Crippen LogP contribution in [0.3, 0.4) is 0 Å². The molecule has 4 nitrogen and oxygen atoms in total. The van der Waals surface area contributed by atoms with Crippen LogP contribution < -0.4 is 0 Å². The molecule has 0 unspecified atom stereocenters. The molecule has 6 heteroatoms. The van der Waals surface area contributed by atoms with Gasteiger partial charge in [-0.2, -0.15) is 0 Å². The molecule has 0 N–H and O–H groups in total. The van der Waals surface area contributed by atoms with Gasteiger partial charge in [0.15, 0.2) is 0 Å². The maximum Gasteiger partial charge on any atom is 0.261 e. The topological polar surface area (TPSA) is 40.6 Å². The number of thiophene rings is 2. The van der Waals surface area contributed by atoms with Crippen molar-refractivity contribution in [3.05, 3.63) is 107 Å². The molecule has 0 aromatic carbocycles. The number of amides is 2. The highest BCUT2D eigenvalue weighted by Gasteiger charge is 2.49. The Morgan fingerprint density at radius 1 is 0.591 bits per heavy atom. The second kappa shape index (κ2) is 17.3. The number of fused-ring (bicyclic) bond motifs is 1. The lowest BCUT2D eigenvalue weighted by Gasteiger charge is -2.29. The first kappa shape index (κ1) is 33.7. The van der Waals surface area contributed by atoms with E-state index in [9.17, 15) is 9.59 Å². The van der Waals surface area contributed by atoms with Crippen molar-refractivity contribution < 1.29 is 9.59 Å². The van der Waals surface area contributed by atoms with Crippen LogP contribution in [0.25, 0.3) is 11.4 Å². The first-order chi connectivity index (χ1) is 21.5. The first-order valence-corrected chi connectivity index (χ1v) is 18.0. The quantitative estimate of drug-likeness (QED) is 0.0962. The van der Waals surface area contributed by atoms with Crippen molar-refractivity contribution in [2.75, 3.05) is 13.1 Å². The van der Waals surface area contributed by atoms with Crippen molar-refractivity contribution in [3.8, 4) is 0 Å². The van der Waals surface area contributed by atoms with E-state index in [0.717, 1.165) is 98.2 Å². The van der Waals surface area contributed by atoms with Crippen molar-refractivity contribution in [1.29, 1.82) is 0 Å². The number of carbonyl (C=O) groups is 2. The average molecular weight is 629 g/mol. The lowest BCUT2D eigenvalue weighted by atomic mass is 9.94. The van der Waals surface area contributed by atoms with Gasteiger partial charge in [-0.15, -0.1) is 49.0 Å². The fraction of sp³-hybridized carbons (Fsp3) is 0.421. The number of nitrogens with zero attached hydrogens (tertiary/aromatic N) is 2. The van der Waals surface area contributed by atoms with E-state index < -0.39 is 0 Å². The van der Waals surface area contributed by atoms with Crippen molar-refractivity contribution in [2.24, 2.45) is 11.8 Å². The molecule has 0 saturated carbocycles. The number of carbonyl (C=O) groups excluding carboxylic acids is 2. The SMILES string of the molecule is C=CCCCC(CCCC=C)CN1C(=O)C2=C(c3cccs3)N(CC(CCCC=C)CCCC=C)C(=O)C2=C1c1cccs1. The Bertz CT molecular complexity index is 1220. The van der Waals surface area contributed by atoms with Crippen LogP contribution >= 0.6 is 22.7 Å². The van der Waals surface area contributed by atoms with Crippen molar-refractivity contribution in [2.45, 2.75) is 77.0 Å². The molecular weight excluding hydrogens is 581 g/mol. The zero-order valence-electron chi connectivity index (χ0n) is 26.2. The van der Waals surface area contributed by atoms with E-state index in [4.69, 9.17) is 0 Å². The Morgan fingerprint density at radius 2 is 0.932 bits per heavy atom. The minimum Gasteiger partial charge on any atom is -0.306 e. The van der Waals surface area contributed by atoms with Crippen LogP contribution in [0, 0.1) is 11.8 Å². The molecule has 0 aliphatic carbocycles. The Labute approximate surface area is 272 Å². The van der Waals surface area contributed by atoms with Gasteiger partial charge in [0.1, 0.15) is 0 Å². The Hall–Kier alpha value is -3.22. The molecule has 2 aliphatic rings. The molecule has 0 saturated heterocycles. The second-order valence-corrected chi connectivity index (χ2v) is 13.7. The van der Waals surface area contributed by atoms with Gasteiger partial charge in [0, 0.05) is 13.1 Å². The van der Waals surface area contributed by atoms with Gasteiger partial charge in [-0.05, 0) is 112 Å². The van der Waals surface area contributed by atoms with Gasteiger partial charge in [-0.3, -0.25) is 9.59 Å². The van der Waals surface area contributed by atoms with Gasteiger partial charge in [-0.25, -0.2) is 0 Å². The van der Waals surface area contributed by atoms with E-state index in [1.165, 1.54) is 0 Å². The van der Waals surface area contributed by atoms with E-state index in [-0.39, 0.29) is 11.8 Å². The third-order valence-electron chi connectivity index (χ3n) is 8.65. The Morgan fingerprint density at radius 3 is 1.20 bits per heavy atom. The van der Waals surface area contributed by atoms with Crippen LogP contribution in [0.2, 0.25) is 0 Å². The monoisotopic (exact) mass is 628 g/mol. The predicted octanol–water partition coefficient (Wildman–Crippen LogP) is 10.3. The van der Waals surface area contributed by atoms with Crippen LogP contribution in [0.15, 0.2) is 96.8 Å². The summed E-state index contributed by atoms with van der Waals surface area (Å²) in [5, 5.41) is 4.07. The van der Waals surface area contributed by atoms with Crippen molar-refractivity contribution in [1.82, 2.24) is 9.80 Å². The number of hydrogen-bond acceptors (Lipinski definition) is 4. The molecule has 0 atom stereocenters. The normalized spacial score (nSPS) is 14.9.